The van der Waals surface area contributed by atoms with E-state index in [1.807, 2.05) is 0 Å². The number of alkyl halides is 1. The number of nitrogens with one attached hydrogen (secondary N) is 3. The number of ether oxygens (including phenoxy) is 2. The first-order valence-corrected chi connectivity index (χ1v) is 11.2. The van der Waals surface area contributed by atoms with E-state index >= 15 is 0 Å². The van der Waals surface area contributed by atoms with Crippen LogP contribution in [-0.2, 0) is 9.47 Å². The van der Waals surface area contributed by atoms with Gasteiger partial charge in [0.1, 0.15) is 18.7 Å². The number of aliphatic hydroxyl groups excluding tert-OH is 1. The normalized spacial score (nSPS) is 53.6. The van der Waals surface area contributed by atoms with Gasteiger partial charge in [-0.2, -0.15) is 0 Å². The van der Waals surface area contributed by atoms with Crippen molar-refractivity contribution in [3.63, 3.8) is 0 Å². The van der Waals surface area contributed by atoms with Crippen molar-refractivity contribution in [1.82, 2.24) is 30.9 Å². The molecule has 6 fully saturated rings. The Morgan fingerprint density at radius 1 is 0.966 bits per heavy atom. The molecular formula is C19H33FN6O3. The summed E-state index contributed by atoms with van der Waals surface area (Å²) in [6.07, 6.45) is 0.335. The van der Waals surface area contributed by atoms with Crippen molar-refractivity contribution < 1.29 is 19.0 Å². The number of halogens is 1. The van der Waals surface area contributed by atoms with Crippen LogP contribution < -0.4 is 16.1 Å². The Hall–Kier alpha value is -0.430. The molecule has 9 nitrogen and oxygen atoms in total. The van der Waals surface area contributed by atoms with Crippen LogP contribution in [0.25, 0.3) is 0 Å². The zero-order valence-electron chi connectivity index (χ0n) is 16.8. The second kappa shape index (κ2) is 7.61. The van der Waals surface area contributed by atoms with E-state index in [-0.39, 0.29) is 36.6 Å². The Kier molecular flexibility index (Phi) is 5.06. The van der Waals surface area contributed by atoms with E-state index in [1.54, 1.807) is 0 Å². The van der Waals surface area contributed by atoms with Crippen LogP contribution >= 0.6 is 0 Å². The zero-order chi connectivity index (χ0) is 19.5. The standard InChI is InChI=1S/C19H33FN6O3/c20-11-1-2-13-15(7-11)28-5-3-24-9-14-16(10-24)29-6-4-25(14)19-22-17-12(18(27)23-19)8-21-26(13)17/h11-19,21-23,27H,1-10H2/t11?,12?,13?,14-,15?,16+,17?,18?,19?/m0/s1. The second-order valence-corrected chi connectivity index (χ2v) is 9.42. The molecule has 0 radical (unpaired) electrons. The smallest absolute Gasteiger partial charge is 0.118 e. The molecule has 0 aromatic carbocycles. The predicted molar refractivity (Wildman–Crippen MR) is 102 cm³/mol. The molecule has 5 saturated heterocycles. The van der Waals surface area contributed by atoms with Gasteiger partial charge in [-0.05, 0) is 12.8 Å². The van der Waals surface area contributed by atoms with Crippen molar-refractivity contribution in [2.45, 2.75) is 68.4 Å². The number of hydrogen-bond acceptors (Lipinski definition) is 9. The molecule has 6 rings (SSSR count). The monoisotopic (exact) mass is 412 g/mol. The van der Waals surface area contributed by atoms with Crippen molar-refractivity contribution >= 4 is 0 Å². The fraction of sp³-hybridized carbons (Fsp3) is 1.00. The van der Waals surface area contributed by atoms with Crippen LogP contribution in [0.15, 0.2) is 0 Å². The van der Waals surface area contributed by atoms with Gasteiger partial charge in [0.2, 0.25) is 0 Å². The van der Waals surface area contributed by atoms with Crippen LogP contribution in [0.1, 0.15) is 19.3 Å². The number of fused-ring (bicyclic) bond motifs is 5. The van der Waals surface area contributed by atoms with Crippen molar-refractivity contribution in [3.05, 3.63) is 0 Å². The second-order valence-electron chi connectivity index (χ2n) is 9.42. The minimum absolute atomic E-state index is 0.0111. The fourth-order valence-corrected chi connectivity index (χ4v) is 6.31. The number of morpholine rings is 1. The molecule has 1 saturated carbocycles. The van der Waals surface area contributed by atoms with Crippen molar-refractivity contribution in [2.24, 2.45) is 5.92 Å². The van der Waals surface area contributed by atoms with Gasteiger partial charge in [-0.3, -0.25) is 25.9 Å². The van der Waals surface area contributed by atoms with Crippen LogP contribution in [0.2, 0.25) is 0 Å². The third kappa shape index (κ3) is 3.33. The number of aliphatic hydroxyl groups is 1. The molecule has 164 valence electrons. The first kappa shape index (κ1) is 19.3. The predicted octanol–water partition coefficient (Wildman–Crippen LogP) is -1.78. The van der Waals surface area contributed by atoms with Crippen LogP contribution in [0.5, 0.6) is 0 Å². The minimum atomic E-state index is -0.792. The Morgan fingerprint density at radius 2 is 1.83 bits per heavy atom. The van der Waals surface area contributed by atoms with E-state index in [0.717, 1.165) is 32.6 Å². The van der Waals surface area contributed by atoms with E-state index in [1.165, 1.54) is 0 Å². The molecule has 10 atom stereocenters. The summed E-state index contributed by atoms with van der Waals surface area (Å²) in [5, 5.41) is 20.3. The molecule has 4 bridgehead atoms. The van der Waals surface area contributed by atoms with Crippen molar-refractivity contribution in [2.75, 3.05) is 45.9 Å². The van der Waals surface area contributed by atoms with E-state index in [0.29, 0.717) is 38.6 Å². The lowest BCUT2D eigenvalue weighted by molar-refractivity contribution is -0.130. The van der Waals surface area contributed by atoms with Crippen molar-refractivity contribution in [1.29, 1.82) is 0 Å². The quantitative estimate of drug-likeness (QED) is 0.369. The summed E-state index contributed by atoms with van der Waals surface area (Å²) in [5.41, 5.74) is 3.50. The highest BCUT2D eigenvalue weighted by molar-refractivity contribution is 5.02. The molecule has 29 heavy (non-hydrogen) atoms. The highest BCUT2D eigenvalue weighted by Gasteiger charge is 2.52. The molecule has 1 aliphatic carbocycles. The lowest BCUT2D eigenvalue weighted by Gasteiger charge is -2.50. The van der Waals surface area contributed by atoms with Crippen molar-refractivity contribution in [3.8, 4) is 0 Å². The third-order valence-electron chi connectivity index (χ3n) is 7.82. The van der Waals surface area contributed by atoms with E-state index < -0.39 is 12.4 Å². The largest absolute Gasteiger partial charge is 0.378 e. The summed E-state index contributed by atoms with van der Waals surface area (Å²) in [4.78, 5) is 4.83. The number of hydrogen-bond donors (Lipinski definition) is 4. The SMILES string of the molecule is OC1NC2NC3C1CNN3C1CCC(F)CC1OCCN1C[C@H]3OCCN2[C@H]3C1. The topological polar surface area (TPSA) is 84.5 Å². The van der Waals surface area contributed by atoms with Gasteiger partial charge in [0.25, 0.3) is 0 Å². The summed E-state index contributed by atoms with van der Waals surface area (Å²) in [6.45, 7) is 5.54. The Balaban J connectivity index is 1.32. The van der Waals surface area contributed by atoms with Gasteiger partial charge in [0, 0.05) is 45.1 Å². The van der Waals surface area contributed by atoms with Crippen LogP contribution in [0.4, 0.5) is 4.39 Å². The molecule has 5 heterocycles. The minimum Gasteiger partial charge on any atom is -0.378 e. The molecule has 8 unspecified atom stereocenters. The van der Waals surface area contributed by atoms with Crippen LogP contribution in [0, 0.1) is 5.92 Å². The Labute approximate surface area is 170 Å². The van der Waals surface area contributed by atoms with Gasteiger partial charge in [0.15, 0.2) is 0 Å². The first-order chi connectivity index (χ1) is 14.2. The summed E-state index contributed by atoms with van der Waals surface area (Å²) < 4.78 is 26.6. The molecule has 10 heteroatoms. The van der Waals surface area contributed by atoms with Gasteiger partial charge in [0.05, 0.1) is 43.7 Å². The van der Waals surface area contributed by atoms with Gasteiger partial charge >= 0.3 is 0 Å². The summed E-state index contributed by atoms with van der Waals surface area (Å²) in [5.74, 6) is 0.0389. The lowest BCUT2D eigenvalue weighted by Crippen LogP contribution is -2.74. The number of rotatable bonds is 0. The van der Waals surface area contributed by atoms with Gasteiger partial charge in [-0.25, -0.2) is 9.40 Å². The maximum absolute atomic E-state index is 14.2. The first-order valence-electron chi connectivity index (χ1n) is 11.2. The molecule has 4 N–H and O–H groups in total. The molecule has 0 aromatic heterocycles. The van der Waals surface area contributed by atoms with E-state index in [4.69, 9.17) is 9.47 Å². The summed E-state index contributed by atoms with van der Waals surface area (Å²) in [6, 6.07) is 0.402. The lowest BCUT2D eigenvalue weighted by atomic mass is 9.89. The Bertz CT molecular complexity index is 618. The maximum atomic E-state index is 14.2. The zero-order valence-corrected chi connectivity index (χ0v) is 16.8. The van der Waals surface area contributed by atoms with Gasteiger partial charge in [-0.15, -0.1) is 0 Å². The maximum Gasteiger partial charge on any atom is 0.118 e. The van der Waals surface area contributed by atoms with E-state index in [2.05, 4.69) is 30.9 Å². The Morgan fingerprint density at radius 3 is 2.76 bits per heavy atom. The highest BCUT2D eigenvalue weighted by Crippen LogP contribution is 2.34. The third-order valence-corrected chi connectivity index (χ3v) is 7.82. The highest BCUT2D eigenvalue weighted by atomic mass is 19.1. The summed E-state index contributed by atoms with van der Waals surface area (Å²) in [7, 11) is 0. The molecule has 0 amide bonds. The average Bonchev–Trinajstić information content (AvgIpc) is 3.31. The number of nitrogens with zero attached hydrogens (tertiary/aromatic N) is 3. The molecule has 6 aliphatic rings. The van der Waals surface area contributed by atoms with Gasteiger partial charge < -0.3 is 14.6 Å². The molecule has 0 spiro atoms. The van der Waals surface area contributed by atoms with Crippen LogP contribution in [0.3, 0.4) is 0 Å². The summed E-state index contributed by atoms with van der Waals surface area (Å²) >= 11 is 0. The number of hydrazine groups is 1. The van der Waals surface area contributed by atoms with Gasteiger partial charge in [-0.1, -0.05) is 0 Å². The average molecular weight is 413 g/mol. The van der Waals surface area contributed by atoms with Crippen LogP contribution in [-0.4, -0.2) is 115 Å². The van der Waals surface area contributed by atoms with E-state index in [9.17, 15) is 9.50 Å². The molecule has 5 aliphatic heterocycles. The molecule has 0 aromatic rings. The molecular weight excluding hydrogens is 379 g/mol. The fourth-order valence-electron chi connectivity index (χ4n) is 6.31.